The number of hydrogen-bond acceptors (Lipinski definition) is 7. The van der Waals surface area contributed by atoms with Gasteiger partial charge in [0.05, 0.1) is 25.5 Å². The van der Waals surface area contributed by atoms with E-state index in [1.165, 1.54) is 20.3 Å². The van der Waals surface area contributed by atoms with Gasteiger partial charge in [-0.3, -0.25) is 14.5 Å². The van der Waals surface area contributed by atoms with E-state index in [9.17, 15) is 19.5 Å². The van der Waals surface area contributed by atoms with Gasteiger partial charge in [0.1, 0.15) is 21.9 Å². The molecule has 2 N–H and O–H groups in total. The van der Waals surface area contributed by atoms with Crippen molar-refractivity contribution in [2.45, 2.75) is 12.5 Å². The molecule has 0 bridgehead atoms. The lowest BCUT2D eigenvalue weighted by molar-refractivity contribution is -0.150. The van der Waals surface area contributed by atoms with Gasteiger partial charge in [0.25, 0.3) is 5.91 Å². The van der Waals surface area contributed by atoms with Crippen LogP contribution in [0.5, 0.6) is 11.5 Å². The third-order valence-electron chi connectivity index (χ3n) is 3.51. The van der Waals surface area contributed by atoms with Gasteiger partial charge < -0.3 is 19.7 Å². The Labute approximate surface area is 158 Å². The molecule has 1 saturated heterocycles. The van der Waals surface area contributed by atoms with Gasteiger partial charge in [-0.1, -0.05) is 24.0 Å². The summed E-state index contributed by atoms with van der Waals surface area (Å²) in [6.07, 6.45) is 0.748. The Morgan fingerprint density at radius 2 is 2.00 bits per heavy atom. The molecular formula is C16H15NO7S2. The van der Waals surface area contributed by atoms with Crippen LogP contribution in [0, 0.1) is 0 Å². The van der Waals surface area contributed by atoms with Gasteiger partial charge in [0, 0.05) is 5.56 Å². The van der Waals surface area contributed by atoms with Gasteiger partial charge in [-0.15, -0.1) is 0 Å². The SMILES string of the molecule is COc1ccc(OC)c(/C=C2/SC(=S)N([C@H](CC(=O)O)C(=O)O)C2=O)c1. The van der Waals surface area contributed by atoms with Crippen LogP contribution in [-0.4, -0.2) is 57.5 Å². The second-order valence-corrected chi connectivity index (χ2v) is 6.79. The van der Waals surface area contributed by atoms with E-state index >= 15 is 0 Å². The number of nitrogens with zero attached hydrogens (tertiary/aromatic N) is 1. The molecule has 1 fully saturated rings. The Bertz CT molecular complexity index is 806. The third kappa shape index (κ3) is 4.14. The fourth-order valence-electron chi connectivity index (χ4n) is 2.30. The molecule has 0 spiro atoms. The molecular weight excluding hydrogens is 382 g/mol. The first-order valence-corrected chi connectivity index (χ1v) is 8.44. The van der Waals surface area contributed by atoms with Crippen LogP contribution in [0.25, 0.3) is 6.08 Å². The van der Waals surface area contributed by atoms with Crippen molar-refractivity contribution in [3.63, 3.8) is 0 Å². The second-order valence-electron chi connectivity index (χ2n) is 5.11. The van der Waals surface area contributed by atoms with Crippen LogP contribution in [0.2, 0.25) is 0 Å². The van der Waals surface area contributed by atoms with Crippen LogP contribution in [0.3, 0.4) is 0 Å². The van der Waals surface area contributed by atoms with Gasteiger partial charge in [-0.05, 0) is 24.3 Å². The highest BCUT2D eigenvalue weighted by Gasteiger charge is 2.41. The highest BCUT2D eigenvalue weighted by atomic mass is 32.2. The minimum Gasteiger partial charge on any atom is -0.497 e. The van der Waals surface area contributed by atoms with Crippen LogP contribution >= 0.6 is 24.0 Å². The predicted octanol–water partition coefficient (Wildman–Crippen LogP) is 1.83. The normalized spacial score (nSPS) is 16.7. The van der Waals surface area contributed by atoms with Crippen molar-refractivity contribution in [1.82, 2.24) is 4.90 Å². The molecule has 10 heteroatoms. The van der Waals surface area contributed by atoms with E-state index in [2.05, 4.69) is 0 Å². The van der Waals surface area contributed by atoms with Gasteiger partial charge >= 0.3 is 11.9 Å². The van der Waals surface area contributed by atoms with E-state index in [0.29, 0.717) is 17.1 Å². The Balaban J connectivity index is 2.40. The number of hydrogen-bond donors (Lipinski definition) is 2. The highest BCUT2D eigenvalue weighted by molar-refractivity contribution is 8.26. The quantitative estimate of drug-likeness (QED) is 0.525. The molecule has 1 aromatic carbocycles. The van der Waals surface area contributed by atoms with E-state index in [1.54, 1.807) is 18.2 Å². The van der Waals surface area contributed by atoms with E-state index in [1.807, 2.05) is 0 Å². The Morgan fingerprint density at radius 1 is 1.31 bits per heavy atom. The van der Waals surface area contributed by atoms with Gasteiger partial charge in [-0.25, -0.2) is 4.79 Å². The zero-order valence-corrected chi connectivity index (χ0v) is 15.4. The molecule has 1 heterocycles. The van der Waals surface area contributed by atoms with Crippen LogP contribution in [0.4, 0.5) is 0 Å². The summed E-state index contributed by atoms with van der Waals surface area (Å²) in [5, 5.41) is 18.2. The third-order valence-corrected chi connectivity index (χ3v) is 4.84. The standard InChI is InChI=1S/C16H15NO7S2/c1-23-9-3-4-11(24-2)8(5-9)6-12-14(20)17(16(25)26-12)10(15(21)22)7-13(18)19/h3-6,10H,7H2,1-2H3,(H,18,19)(H,21,22)/b12-6+/t10-/m1/s1. The molecule has 1 atom stereocenters. The van der Waals surface area contributed by atoms with Crippen LogP contribution in [0.15, 0.2) is 23.1 Å². The smallest absolute Gasteiger partial charge is 0.327 e. The lowest BCUT2D eigenvalue weighted by atomic mass is 10.1. The van der Waals surface area contributed by atoms with Crippen molar-refractivity contribution in [2.24, 2.45) is 0 Å². The first-order chi connectivity index (χ1) is 12.3. The highest BCUT2D eigenvalue weighted by Crippen LogP contribution is 2.36. The summed E-state index contributed by atoms with van der Waals surface area (Å²) in [6.45, 7) is 0. The summed E-state index contributed by atoms with van der Waals surface area (Å²) in [5.74, 6) is -2.43. The number of carboxylic acid groups (broad SMARTS) is 2. The number of thioether (sulfide) groups is 1. The zero-order valence-electron chi connectivity index (χ0n) is 13.8. The number of amides is 1. The number of ether oxygens (including phenoxy) is 2. The van der Waals surface area contributed by atoms with Crippen LogP contribution in [-0.2, 0) is 14.4 Å². The average molecular weight is 397 g/mol. The fraction of sp³-hybridized carbons (Fsp3) is 0.250. The van der Waals surface area contributed by atoms with Crippen molar-refractivity contribution < 1.29 is 34.1 Å². The Morgan fingerprint density at radius 3 is 2.54 bits per heavy atom. The van der Waals surface area contributed by atoms with Crippen molar-refractivity contribution in [1.29, 1.82) is 0 Å². The minimum atomic E-state index is -1.57. The van der Waals surface area contributed by atoms with Gasteiger partial charge in [0.2, 0.25) is 0 Å². The first-order valence-electron chi connectivity index (χ1n) is 7.22. The largest absolute Gasteiger partial charge is 0.497 e. The van der Waals surface area contributed by atoms with Crippen molar-refractivity contribution in [3.8, 4) is 11.5 Å². The van der Waals surface area contributed by atoms with Gasteiger partial charge in [-0.2, -0.15) is 0 Å². The summed E-state index contributed by atoms with van der Waals surface area (Å²) in [4.78, 5) is 35.9. The lowest BCUT2D eigenvalue weighted by Crippen LogP contribution is -2.45. The van der Waals surface area contributed by atoms with E-state index < -0.39 is 30.3 Å². The van der Waals surface area contributed by atoms with Crippen LogP contribution in [0.1, 0.15) is 12.0 Å². The lowest BCUT2D eigenvalue weighted by Gasteiger charge is -2.21. The molecule has 0 radical (unpaired) electrons. The minimum absolute atomic E-state index is 0.0169. The second kappa shape index (κ2) is 8.19. The molecule has 1 amide bonds. The summed E-state index contributed by atoms with van der Waals surface area (Å²) in [5.41, 5.74) is 0.539. The van der Waals surface area contributed by atoms with E-state index in [0.717, 1.165) is 16.7 Å². The molecule has 1 aromatic rings. The molecule has 1 aliphatic heterocycles. The average Bonchev–Trinajstić information content (AvgIpc) is 2.86. The zero-order chi connectivity index (χ0) is 19.4. The van der Waals surface area contributed by atoms with Crippen LogP contribution < -0.4 is 9.47 Å². The predicted molar refractivity (Wildman–Crippen MR) is 98.2 cm³/mol. The van der Waals surface area contributed by atoms with Crippen molar-refractivity contribution in [3.05, 3.63) is 28.7 Å². The number of benzene rings is 1. The number of thiocarbonyl (C=S) groups is 1. The summed E-state index contributed by atoms with van der Waals surface area (Å²) in [7, 11) is 2.96. The molecule has 26 heavy (non-hydrogen) atoms. The maximum absolute atomic E-state index is 12.6. The van der Waals surface area contributed by atoms with Crippen molar-refractivity contribution in [2.75, 3.05) is 14.2 Å². The Hall–Kier alpha value is -2.59. The molecule has 138 valence electrons. The number of rotatable bonds is 7. The number of carboxylic acids is 2. The molecule has 0 aromatic heterocycles. The first kappa shape index (κ1) is 19.7. The number of carbonyl (C=O) groups is 3. The van der Waals surface area contributed by atoms with Gasteiger partial charge in [0.15, 0.2) is 0 Å². The molecule has 2 rings (SSSR count). The number of carbonyl (C=O) groups excluding carboxylic acids is 1. The molecule has 8 nitrogen and oxygen atoms in total. The monoisotopic (exact) mass is 397 g/mol. The molecule has 0 unspecified atom stereocenters. The van der Waals surface area contributed by atoms with E-state index in [4.69, 9.17) is 26.8 Å². The maximum Gasteiger partial charge on any atom is 0.327 e. The molecule has 0 saturated carbocycles. The topological polar surface area (TPSA) is 113 Å². The van der Waals surface area contributed by atoms with E-state index in [-0.39, 0.29) is 9.23 Å². The summed E-state index contributed by atoms with van der Waals surface area (Å²) >= 11 is 5.98. The molecule has 0 aliphatic carbocycles. The van der Waals surface area contributed by atoms with Crippen molar-refractivity contribution >= 4 is 52.2 Å². The summed E-state index contributed by atoms with van der Waals surface area (Å²) in [6, 6.07) is 3.43. The number of methoxy groups -OCH3 is 2. The summed E-state index contributed by atoms with van der Waals surface area (Å²) < 4.78 is 10.4. The Kier molecular flexibility index (Phi) is 6.22. The maximum atomic E-state index is 12.6. The molecule has 1 aliphatic rings. The fourth-order valence-corrected chi connectivity index (χ4v) is 3.64. The number of aliphatic carboxylic acids is 2.